The number of aliphatic hydroxyl groups excluding tert-OH is 1. The molecule has 0 saturated heterocycles. The fraction of sp³-hybridized carbons (Fsp3) is 0.917. The summed E-state index contributed by atoms with van der Waals surface area (Å²) >= 11 is 0. The molecule has 4 nitrogen and oxygen atoms in total. The van der Waals surface area contributed by atoms with Crippen LogP contribution in [0.4, 0.5) is 0 Å². The van der Waals surface area contributed by atoms with Crippen molar-refractivity contribution in [2.24, 2.45) is 5.73 Å². The van der Waals surface area contributed by atoms with E-state index in [2.05, 4.69) is 12.2 Å². The van der Waals surface area contributed by atoms with E-state index in [9.17, 15) is 9.90 Å². The third kappa shape index (κ3) is 4.49. The third-order valence-electron chi connectivity index (χ3n) is 3.20. The zero-order chi connectivity index (χ0) is 12.0. The van der Waals surface area contributed by atoms with Crippen LogP contribution >= 0.6 is 0 Å². The predicted octanol–water partition coefficient (Wildman–Crippen LogP) is 0.924. The van der Waals surface area contributed by atoms with E-state index in [1.54, 1.807) is 0 Å². The first-order chi connectivity index (χ1) is 7.63. The fourth-order valence-electron chi connectivity index (χ4n) is 2.16. The molecule has 0 aliphatic heterocycles. The van der Waals surface area contributed by atoms with Crippen LogP contribution in [0.2, 0.25) is 0 Å². The number of aliphatic hydroxyl groups is 1. The van der Waals surface area contributed by atoms with Crippen molar-refractivity contribution in [2.45, 2.75) is 70.1 Å². The van der Waals surface area contributed by atoms with Crippen molar-refractivity contribution in [3.05, 3.63) is 0 Å². The molecule has 0 heterocycles. The van der Waals surface area contributed by atoms with Gasteiger partial charge in [-0.3, -0.25) is 4.79 Å². The molecule has 1 fully saturated rings. The van der Waals surface area contributed by atoms with Crippen LogP contribution in [0.3, 0.4) is 0 Å². The van der Waals surface area contributed by atoms with Crippen LogP contribution < -0.4 is 11.1 Å². The Balaban J connectivity index is 2.26. The molecular weight excluding hydrogens is 204 g/mol. The van der Waals surface area contributed by atoms with Gasteiger partial charge >= 0.3 is 0 Å². The summed E-state index contributed by atoms with van der Waals surface area (Å²) in [5.74, 6) is -0.0625. The molecule has 0 aromatic heterocycles. The summed E-state index contributed by atoms with van der Waals surface area (Å²) in [5.41, 5.74) is 5.78. The Morgan fingerprint density at radius 3 is 2.94 bits per heavy atom. The summed E-state index contributed by atoms with van der Waals surface area (Å²) in [7, 11) is 0. The lowest BCUT2D eigenvalue weighted by Crippen LogP contribution is -2.47. The maximum Gasteiger partial charge on any atom is 0.237 e. The van der Waals surface area contributed by atoms with Crippen molar-refractivity contribution in [3.63, 3.8) is 0 Å². The Bertz CT molecular complexity index is 221. The van der Waals surface area contributed by atoms with E-state index >= 15 is 0 Å². The van der Waals surface area contributed by atoms with Gasteiger partial charge in [0.05, 0.1) is 12.1 Å². The molecule has 0 radical (unpaired) electrons. The number of carbonyl (C=O) groups excluding carboxylic acids is 1. The standard InChI is InChI=1S/C12H24N2O2/c1-2-3-7-11(13)12(16)14-9-5-4-6-10(15)8-9/h9-11,15H,2-8,13H2,1H3,(H,14,16)/t9?,10?,11-/m0/s1. The summed E-state index contributed by atoms with van der Waals surface area (Å²) in [4.78, 5) is 11.7. The van der Waals surface area contributed by atoms with Crippen LogP contribution in [-0.2, 0) is 4.79 Å². The highest BCUT2D eigenvalue weighted by Gasteiger charge is 2.23. The molecule has 16 heavy (non-hydrogen) atoms. The average Bonchev–Trinajstić information content (AvgIpc) is 2.25. The fourth-order valence-corrected chi connectivity index (χ4v) is 2.16. The van der Waals surface area contributed by atoms with E-state index in [4.69, 9.17) is 5.73 Å². The quantitative estimate of drug-likeness (QED) is 0.655. The summed E-state index contributed by atoms with van der Waals surface area (Å²) in [6, 6.07) is -0.275. The molecule has 1 saturated carbocycles. The summed E-state index contributed by atoms with van der Waals surface area (Å²) in [6.07, 6.45) is 6.01. The van der Waals surface area contributed by atoms with Gasteiger partial charge in [0.1, 0.15) is 0 Å². The van der Waals surface area contributed by atoms with Crippen molar-refractivity contribution >= 4 is 5.91 Å². The van der Waals surface area contributed by atoms with Crippen molar-refractivity contribution in [2.75, 3.05) is 0 Å². The second-order valence-electron chi connectivity index (χ2n) is 4.77. The molecule has 4 N–H and O–H groups in total. The number of nitrogens with two attached hydrogens (primary N) is 1. The third-order valence-corrected chi connectivity index (χ3v) is 3.20. The molecule has 0 bridgehead atoms. The van der Waals surface area contributed by atoms with E-state index in [0.29, 0.717) is 6.42 Å². The zero-order valence-corrected chi connectivity index (χ0v) is 10.1. The number of nitrogens with one attached hydrogen (secondary N) is 1. The molecular formula is C12H24N2O2. The van der Waals surface area contributed by atoms with Crippen LogP contribution in [0.1, 0.15) is 51.9 Å². The lowest BCUT2D eigenvalue weighted by atomic mass is 9.93. The maximum atomic E-state index is 11.7. The van der Waals surface area contributed by atoms with E-state index in [1.165, 1.54) is 0 Å². The highest BCUT2D eigenvalue weighted by Crippen LogP contribution is 2.18. The molecule has 1 aliphatic carbocycles. The molecule has 1 amide bonds. The van der Waals surface area contributed by atoms with E-state index in [-0.39, 0.29) is 24.1 Å². The lowest BCUT2D eigenvalue weighted by molar-refractivity contribution is -0.123. The topological polar surface area (TPSA) is 75.4 Å². The zero-order valence-electron chi connectivity index (χ0n) is 10.1. The number of rotatable bonds is 5. The highest BCUT2D eigenvalue weighted by molar-refractivity contribution is 5.81. The van der Waals surface area contributed by atoms with E-state index < -0.39 is 0 Å². The molecule has 1 aliphatic rings. The molecule has 94 valence electrons. The Hall–Kier alpha value is -0.610. The van der Waals surface area contributed by atoms with Gasteiger partial charge in [-0.15, -0.1) is 0 Å². The Morgan fingerprint density at radius 1 is 1.56 bits per heavy atom. The predicted molar refractivity (Wildman–Crippen MR) is 63.9 cm³/mol. The summed E-state index contributed by atoms with van der Waals surface area (Å²) in [5, 5.41) is 12.4. The van der Waals surface area contributed by atoms with Crippen molar-refractivity contribution in [1.29, 1.82) is 0 Å². The number of hydrogen-bond donors (Lipinski definition) is 3. The van der Waals surface area contributed by atoms with Gasteiger partial charge in [-0.2, -0.15) is 0 Å². The largest absolute Gasteiger partial charge is 0.393 e. The van der Waals surface area contributed by atoms with Crippen molar-refractivity contribution in [1.82, 2.24) is 5.32 Å². The Kier molecular flexibility index (Phi) is 5.77. The van der Waals surface area contributed by atoms with E-state index in [0.717, 1.165) is 38.5 Å². The normalized spacial score (nSPS) is 27.4. The van der Waals surface area contributed by atoms with Crippen LogP contribution in [-0.4, -0.2) is 29.2 Å². The Labute approximate surface area is 97.6 Å². The molecule has 1 rings (SSSR count). The minimum atomic E-state index is -0.390. The number of unbranched alkanes of at least 4 members (excludes halogenated alkanes) is 1. The molecule has 0 spiro atoms. The number of carbonyl (C=O) groups is 1. The minimum absolute atomic E-state index is 0.0625. The number of amides is 1. The van der Waals surface area contributed by atoms with Gasteiger partial charge in [-0.1, -0.05) is 19.8 Å². The van der Waals surface area contributed by atoms with Crippen LogP contribution in [0.25, 0.3) is 0 Å². The first-order valence-electron chi connectivity index (χ1n) is 6.37. The van der Waals surface area contributed by atoms with Gasteiger partial charge in [-0.25, -0.2) is 0 Å². The van der Waals surface area contributed by atoms with Gasteiger partial charge in [0.15, 0.2) is 0 Å². The van der Waals surface area contributed by atoms with Crippen LogP contribution in [0, 0.1) is 0 Å². The molecule has 3 atom stereocenters. The van der Waals surface area contributed by atoms with Gasteiger partial charge in [-0.05, 0) is 32.1 Å². The molecule has 0 aromatic rings. The SMILES string of the molecule is CCCC[C@H](N)C(=O)NC1CCCC(O)C1. The summed E-state index contributed by atoms with van der Waals surface area (Å²) < 4.78 is 0. The number of hydrogen-bond acceptors (Lipinski definition) is 3. The van der Waals surface area contributed by atoms with Gasteiger partial charge in [0, 0.05) is 6.04 Å². The van der Waals surface area contributed by atoms with E-state index in [1.807, 2.05) is 0 Å². The first kappa shape index (κ1) is 13.5. The second-order valence-corrected chi connectivity index (χ2v) is 4.77. The van der Waals surface area contributed by atoms with Gasteiger partial charge in [0.25, 0.3) is 0 Å². The lowest BCUT2D eigenvalue weighted by Gasteiger charge is -2.27. The van der Waals surface area contributed by atoms with Crippen molar-refractivity contribution in [3.8, 4) is 0 Å². The monoisotopic (exact) mass is 228 g/mol. The molecule has 2 unspecified atom stereocenters. The van der Waals surface area contributed by atoms with Crippen LogP contribution in [0.5, 0.6) is 0 Å². The molecule has 4 heteroatoms. The molecule has 0 aromatic carbocycles. The first-order valence-corrected chi connectivity index (χ1v) is 6.37. The minimum Gasteiger partial charge on any atom is -0.393 e. The maximum absolute atomic E-state index is 11.7. The van der Waals surface area contributed by atoms with Gasteiger partial charge < -0.3 is 16.2 Å². The Morgan fingerprint density at radius 2 is 2.31 bits per heavy atom. The summed E-state index contributed by atoms with van der Waals surface area (Å²) in [6.45, 7) is 2.09. The average molecular weight is 228 g/mol. The highest BCUT2D eigenvalue weighted by atomic mass is 16.3. The van der Waals surface area contributed by atoms with Gasteiger partial charge in [0.2, 0.25) is 5.91 Å². The van der Waals surface area contributed by atoms with Crippen LogP contribution in [0.15, 0.2) is 0 Å². The second kappa shape index (κ2) is 6.86. The smallest absolute Gasteiger partial charge is 0.237 e. The van der Waals surface area contributed by atoms with Crippen molar-refractivity contribution < 1.29 is 9.90 Å².